The van der Waals surface area contributed by atoms with E-state index in [1.807, 2.05) is 30.3 Å². The standard InChI is InChI=1S/C13H13NO2/c1-10-2-4-11(5-3-10)6-7-13-14-12(8-15)9-16-13/h2-7,9,15H,8H2,1H3/b7-6+. The predicted octanol–water partition coefficient (Wildman–Crippen LogP) is 2.65. The molecule has 82 valence electrons. The second-order valence-electron chi connectivity index (χ2n) is 3.58. The Morgan fingerprint density at radius 2 is 2.00 bits per heavy atom. The van der Waals surface area contributed by atoms with E-state index in [1.54, 1.807) is 6.08 Å². The van der Waals surface area contributed by atoms with Crippen molar-refractivity contribution in [2.75, 3.05) is 0 Å². The first-order valence-corrected chi connectivity index (χ1v) is 5.08. The lowest BCUT2D eigenvalue weighted by Gasteiger charge is -1.93. The van der Waals surface area contributed by atoms with Crippen molar-refractivity contribution in [1.29, 1.82) is 0 Å². The van der Waals surface area contributed by atoms with Crippen LogP contribution < -0.4 is 0 Å². The number of benzene rings is 1. The van der Waals surface area contributed by atoms with Gasteiger partial charge in [-0.3, -0.25) is 0 Å². The smallest absolute Gasteiger partial charge is 0.218 e. The van der Waals surface area contributed by atoms with Crippen molar-refractivity contribution in [3.05, 3.63) is 53.2 Å². The summed E-state index contributed by atoms with van der Waals surface area (Å²) >= 11 is 0. The largest absolute Gasteiger partial charge is 0.445 e. The van der Waals surface area contributed by atoms with Crippen LogP contribution in [0.2, 0.25) is 0 Å². The minimum Gasteiger partial charge on any atom is -0.445 e. The van der Waals surface area contributed by atoms with Crippen molar-refractivity contribution >= 4 is 12.2 Å². The monoisotopic (exact) mass is 215 g/mol. The number of hydrogen-bond acceptors (Lipinski definition) is 3. The molecule has 0 aliphatic rings. The minimum absolute atomic E-state index is 0.0954. The summed E-state index contributed by atoms with van der Waals surface area (Å²) in [6, 6.07) is 8.16. The Bertz CT molecular complexity index is 483. The Kier molecular flexibility index (Phi) is 3.17. The van der Waals surface area contributed by atoms with Gasteiger partial charge in [0.05, 0.1) is 6.61 Å². The van der Waals surface area contributed by atoms with Gasteiger partial charge in [-0.15, -0.1) is 0 Å². The van der Waals surface area contributed by atoms with Crippen molar-refractivity contribution in [2.24, 2.45) is 0 Å². The highest BCUT2D eigenvalue weighted by Gasteiger charge is 1.98. The Balaban J connectivity index is 2.11. The van der Waals surface area contributed by atoms with E-state index in [-0.39, 0.29) is 6.61 Å². The van der Waals surface area contributed by atoms with Crippen LogP contribution in [-0.4, -0.2) is 10.1 Å². The third-order valence-electron chi connectivity index (χ3n) is 2.23. The van der Waals surface area contributed by atoms with Gasteiger partial charge in [-0.1, -0.05) is 29.8 Å². The first-order chi connectivity index (χ1) is 7.78. The molecular formula is C13H13NO2. The fourth-order valence-corrected chi connectivity index (χ4v) is 1.32. The summed E-state index contributed by atoms with van der Waals surface area (Å²) in [6.45, 7) is 1.96. The Morgan fingerprint density at radius 3 is 2.62 bits per heavy atom. The van der Waals surface area contributed by atoms with Crippen LogP contribution in [-0.2, 0) is 6.61 Å². The molecule has 16 heavy (non-hydrogen) atoms. The molecule has 0 spiro atoms. The first kappa shape index (κ1) is 10.6. The number of hydrogen-bond donors (Lipinski definition) is 1. The molecule has 2 aromatic rings. The molecule has 3 nitrogen and oxygen atoms in total. The maximum Gasteiger partial charge on any atom is 0.218 e. The topological polar surface area (TPSA) is 46.3 Å². The zero-order valence-corrected chi connectivity index (χ0v) is 9.05. The van der Waals surface area contributed by atoms with E-state index in [0.717, 1.165) is 5.56 Å². The lowest BCUT2D eigenvalue weighted by atomic mass is 10.1. The molecule has 0 amide bonds. The Labute approximate surface area is 94.1 Å². The van der Waals surface area contributed by atoms with E-state index in [0.29, 0.717) is 11.6 Å². The number of aromatic nitrogens is 1. The average molecular weight is 215 g/mol. The van der Waals surface area contributed by atoms with Crippen molar-refractivity contribution in [3.8, 4) is 0 Å². The molecule has 1 heterocycles. The second kappa shape index (κ2) is 4.77. The van der Waals surface area contributed by atoms with E-state index >= 15 is 0 Å². The fourth-order valence-electron chi connectivity index (χ4n) is 1.32. The van der Waals surface area contributed by atoms with Gasteiger partial charge in [-0.2, -0.15) is 0 Å². The lowest BCUT2D eigenvalue weighted by molar-refractivity contribution is 0.276. The summed E-state index contributed by atoms with van der Waals surface area (Å²) in [5.74, 6) is 0.504. The Morgan fingerprint density at radius 1 is 1.25 bits per heavy atom. The van der Waals surface area contributed by atoms with Gasteiger partial charge >= 0.3 is 0 Å². The van der Waals surface area contributed by atoms with Gasteiger partial charge in [0.2, 0.25) is 5.89 Å². The zero-order chi connectivity index (χ0) is 11.4. The molecule has 0 bridgehead atoms. The van der Waals surface area contributed by atoms with Gasteiger partial charge in [0, 0.05) is 6.08 Å². The van der Waals surface area contributed by atoms with E-state index in [4.69, 9.17) is 9.52 Å². The van der Waals surface area contributed by atoms with Gasteiger partial charge < -0.3 is 9.52 Å². The second-order valence-corrected chi connectivity index (χ2v) is 3.58. The van der Waals surface area contributed by atoms with Crippen LogP contribution in [0, 0.1) is 6.92 Å². The van der Waals surface area contributed by atoms with Crippen LogP contribution in [0.15, 0.2) is 34.9 Å². The number of aliphatic hydroxyl groups excluding tert-OH is 1. The van der Waals surface area contributed by atoms with Crippen LogP contribution in [0.25, 0.3) is 12.2 Å². The molecule has 0 saturated carbocycles. The summed E-state index contributed by atoms with van der Waals surface area (Å²) in [5, 5.41) is 8.82. The van der Waals surface area contributed by atoms with Crippen LogP contribution in [0.5, 0.6) is 0 Å². The maximum absolute atomic E-state index is 8.82. The van der Waals surface area contributed by atoms with Crippen LogP contribution in [0.1, 0.15) is 22.7 Å². The minimum atomic E-state index is -0.0954. The summed E-state index contributed by atoms with van der Waals surface area (Å²) in [5.41, 5.74) is 2.87. The fraction of sp³-hybridized carbons (Fsp3) is 0.154. The highest BCUT2D eigenvalue weighted by atomic mass is 16.3. The number of oxazole rings is 1. The number of aliphatic hydroxyl groups is 1. The SMILES string of the molecule is Cc1ccc(/C=C/c2nc(CO)co2)cc1. The molecular weight excluding hydrogens is 202 g/mol. The molecule has 1 aromatic heterocycles. The normalized spacial score (nSPS) is 11.1. The van der Waals surface area contributed by atoms with Crippen molar-refractivity contribution < 1.29 is 9.52 Å². The van der Waals surface area contributed by atoms with Crippen molar-refractivity contribution in [2.45, 2.75) is 13.5 Å². The molecule has 0 atom stereocenters. The molecule has 0 radical (unpaired) electrons. The zero-order valence-electron chi connectivity index (χ0n) is 9.05. The number of aryl methyl sites for hydroxylation is 1. The third kappa shape index (κ3) is 2.58. The summed E-state index contributed by atoms with van der Waals surface area (Å²) < 4.78 is 5.14. The molecule has 0 saturated heterocycles. The van der Waals surface area contributed by atoms with E-state index in [2.05, 4.69) is 11.9 Å². The van der Waals surface area contributed by atoms with Crippen molar-refractivity contribution in [3.63, 3.8) is 0 Å². The Hall–Kier alpha value is -1.87. The van der Waals surface area contributed by atoms with Gasteiger partial charge in [0.1, 0.15) is 12.0 Å². The molecule has 1 aromatic carbocycles. The summed E-state index contributed by atoms with van der Waals surface area (Å²) in [7, 11) is 0. The summed E-state index contributed by atoms with van der Waals surface area (Å²) in [4.78, 5) is 4.06. The molecule has 0 aliphatic carbocycles. The van der Waals surface area contributed by atoms with E-state index in [1.165, 1.54) is 11.8 Å². The lowest BCUT2D eigenvalue weighted by Crippen LogP contribution is -1.81. The molecule has 1 N–H and O–H groups in total. The summed E-state index contributed by atoms with van der Waals surface area (Å²) in [6.07, 6.45) is 5.16. The quantitative estimate of drug-likeness (QED) is 0.856. The molecule has 0 fully saturated rings. The average Bonchev–Trinajstić information content (AvgIpc) is 2.76. The van der Waals surface area contributed by atoms with Gasteiger partial charge in [0.25, 0.3) is 0 Å². The van der Waals surface area contributed by atoms with Gasteiger partial charge in [-0.05, 0) is 18.6 Å². The molecule has 0 aliphatic heterocycles. The number of nitrogens with zero attached hydrogens (tertiary/aromatic N) is 1. The predicted molar refractivity (Wildman–Crippen MR) is 62.5 cm³/mol. The highest BCUT2D eigenvalue weighted by molar-refractivity contribution is 5.66. The van der Waals surface area contributed by atoms with Gasteiger partial charge in [-0.25, -0.2) is 4.98 Å². The van der Waals surface area contributed by atoms with Crippen LogP contribution in [0.4, 0.5) is 0 Å². The van der Waals surface area contributed by atoms with Gasteiger partial charge in [0.15, 0.2) is 0 Å². The molecule has 0 unspecified atom stereocenters. The van der Waals surface area contributed by atoms with Crippen LogP contribution in [0.3, 0.4) is 0 Å². The van der Waals surface area contributed by atoms with E-state index in [9.17, 15) is 0 Å². The molecule has 2 rings (SSSR count). The van der Waals surface area contributed by atoms with E-state index < -0.39 is 0 Å². The van der Waals surface area contributed by atoms with Crippen molar-refractivity contribution in [1.82, 2.24) is 4.98 Å². The van der Waals surface area contributed by atoms with Crippen LogP contribution >= 0.6 is 0 Å². The third-order valence-corrected chi connectivity index (χ3v) is 2.23. The highest BCUT2D eigenvalue weighted by Crippen LogP contribution is 2.09. The first-order valence-electron chi connectivity index (χ1n) is 5.08. The molecule has 3 heteroatoms. The maximum atomic E-state index is 8.82. The number of rotatable bonds is 3.